The predicted octanol–water partition coefficient (Wildman–Crippen LogP) is 7.87. The van der Waals surface area contributed by atoms with E-state index in [9.17, 15) is 8.42 Å². The second-order valence-electron chi connectivity index (χ2n) is 10.7. The fraction of sp³-hybridized carbons (Fsp3) is 0.455. The summed E-state index contributed by atoms with van der Waals surface area (Å²) in [5.74, 6) is -0.0360. The second-order valence-corrected chi connectivity index (χ2v) is 12.8. The Bertz CT molecular complexity index is 1180. The van der Waals surface area contributed by atoms with Gasteiger partial charge < -0.3 is 9.47 Å². The number of allylic oxidation sites excluding steroid dienone is 5. The van der Waals surface area contributed by atoms with Gasteiger partial charge in [-0.2, -0.15) is 0 Å². The summed E-state index contributed by atoms with van der Waals surface area (Å²) >= 11 is 0. The van der Waals surface area contributed by atoms with Crippen LogP contribution in [-0.2, 0) is 25.9 Å². The van der Waals surface area contributed by atoms with Crippen molar-refractivity contribution >= 4 is 9.84 Å². The molecule has 1 heterocycles. The van der Waals surface area contributed by atoms with Gasteiger partial charge in [0.05, 0.1) is 36.1 Å². The molecule has 0 N–H and O–H groups in total. The molecule has 1 aliphatic rings. The maximum Gasteiger partial charge on any atom is 0.178 e. The van der Waals surface area contributed by atoms with Crippen molar-refractivity contribution in [2.24, 2.45) is 5.92 Å². The fourth-order valence-electron chi connectivity index (χ4n) is 4.80. The lowest BCUT2D eigenvalue weighted by atomic mass is 9.98. The van der Waals surface area contributed by atoms with E-state index in [1.165, 1.54) is 16.7 Å². The van der Waals surface area contributed by atoms with Crippen molar-refractivity contribution in [3.05, 3.63) is 101 Å². The lowest BCUT2D eigenvalue weighted by molar-refractivity contribution is -0.00881. The van der Waals surface area contributed by atoms with Crippen molar-refractivity contribution in [2.75, 3.05) is 12.4 Å². The molecule has 0 spiro atoms. The molecule has 0 amide bonds. The summed E-state index contributed by atoms with van der Waals surface area (Å²) in [6.45, 7) is 9.56. The Morgan fingerprint density at radius 2 is 1.53 bits per heavy atom. The van der Waals surface area contributed by atoms with Crippen molar-refractivity contribution in [1.29, 1.82) is 0 Å². The normalized spacial score (nSPS) is 20.5. The Balaban J connectivity index is 1.62. The summed E-state index contributed by atoms with van der Waals surface area (Å²) in [5, 5.41) is 0. The van der Waals surface area contributed by atoms with E-state index in [1.54, 1.807) is 24.3 Å². The molecule has 3 rings (SSSR count). The summed E-state index contributed by atoms with van der Waals surface area (Å²) < 4.78 is 38.7. The third-order valence-corrected chi connectivity index (χ3v) is 8.76. The summed E-state index contributed by atoms with van der Waals surface area (Å²) in [6.07, 6.45) is 11.1. The second kappa shape index (κ2) is 15.2. The maximum atomic E-state index is 13.2. The standard InChI is InChI=1S/C33H44O4S/c1-26(2)13-11-14-27(3)15-12-16-28(4)21-33-30(25-38(34,35)32-19-9-6-10-20-32)22-31(37-33)24-36-23-29-17-7-5-8-18-29/h5-10,13,15,17-21,30-31,33H,11-12,14,16,22-25H2,1-4H3/b27-15+,28-21+/t30-,31-,33-/m1/s1. The minimum absolute atomic E-state index is 0.0734. The van der Waals surface area contributed by atoms with Gasteiger partial charge in [-0.05, 0) is 77.5 Å². The molecule has 0 radical (unpaired) electrons. The molecule has 0 saturated carbocycles. The van der Waals surface area contributed by atoms with E-state index in [0.29, 0.717) is 24.5 Å². The topological polar surface area (TPSA) is 52.6 Å². The van der Waals surface area contributed by atoms with Crippen LogP contribution in [0.5, 0.6) is 0 Å². The molecule has 1 saturated heterocycles. The molecule has 0 aromatic heterocycles. The van der Waals surface area contributed by atoms with Gasteiger partial charge in [0.1, 0.15) is 0 Å². The minimum Gasteiger partial charge on any atom is -0.374 e. The fourth-order valence-corrected chi connectivity index (χ4v) is 6.45. The van der Waals surface area contributed by atoms with E-state index in [1.807, 2.05) is 36.4 Å². The number of rotatable bonds is 14. The lowest BCUT2D eigenvalue weighted by Crippen LogP contribution is -2.23. The molecular weight excluding hydrogens is 492 g/mol. The number of hydrogen-bond donors (Lipinski definition) is 0. The minimum atomic E-state index is -3.41. The third kappa shape index (κ3) is 10.4. The van der Waals surface area contributed by atoms with E-state index in [2.05, 4.69) is 45.9 Å². The first-order chi connectivity index (χ1) is 18.2. The Morgan fingerprint density at radius 1 is 0.895 bits per heavy atom. The first-order valence-electron chi connectivity index (χ1n) is 13.7. The number of sulfone groups is 1. The highest BCUT2D eigenvalue weighted by atomic mass is 32.2. The highest BCUT2D eigenvalue weighted by molar-refractivity contribution is 7.91. The molecular formula is C33H44O4S. The van der Waals surface area contributed by atoms with Gasteiger partial charge in [-0.15, -0.1) is 0 Å². The Kier molecular flexibility index (Phi) is 12.0. The van der Waals surface area contributed by atoms with Crippen LogP contribution in [-0.4, -0.2) is 33.0 Å². The van der Waals surface area contributed by atoms with Crippen LogP contribution >= 0.6 is 0 Å². The van der Waals surface area contributed by atoms with E-state index < -0.39 is 9.84 Å². The van der Waals surface area contributed by atoms with E-state index in [4.69, 9.17) is 9.47 Å². The zero-order valence-corrected chi connectivity index (χ0v) is 24.3. The van der Waals surface area contributed by atoms with Gasteiger partial charge in [-0.1, -0.05) is 83.5 Å². The molecule has 2 aromatic rings. The van der Waals surface area contributed by atoms with Gasteiger partial charge in [0, 0.05) is 5.92 Å². The van der Waals surface area contributed by atoms with Crippen LogP contribution < -0.4 is 0 Å². The summed E-state index contributed by atoms with van der Waals surface area (Å²) in [7, 11) is -3.41. The number of benzene rings is 2. The largest absolute Gasteiger partial charge is 0.374 e. The monoisotopic (exact) mass is 536 g/mol. The van der Waals surface area contributed by atoms with Crippen molar-refractivity contribution in [3.8, 4) is 0 Å². The molecule has 2 aromatic carbocycles. The summed E-state index contributed by atoms with van der Waals surface area (Å²) in [4.78, 5) is 0.372. The Morgan fingerprint density at radius 3 is 2.21 bits per heavy atom. The third-order valence-electron chi connectivity index (χ3n) is 6.90. The van der Waals surface area contributed by atoms with Crippen LogP contribution in [0.1, 0.15) is 65.4 Å². The van der Waals surface area contributed by atoms with Gasteiger partial charge in [0.2, 0.25) is 0 Å². The van der Waals surface area contributed by atoms with Gasteiger partial charge in [0.15, 0.2) is 9.84 Å². The zero-order chi connectivity index (χ0) is 27.4. The quantitative estimate of drug-likeness (QED) is 0.231. The Hall–Kier alpha value is -2.47. The SMILES string of the molecule is CC(C)=CCC/C(C)=C/CC/C(C)=C/[C@H]1O[C@@H](COCc2ccccc2)C[C@@H]1CS(=O)(=O)c1ccccc1. The van der Waals surface area contributed by atoms with E-state index >= 15 is 0 Å². The molecule has 5 heteroatoms. The first kappa shape index (κ1) is 30.1. The van der Waals surface area contributed by atoms with Crippen LogP contribution in [0.15, 0.2) is 101 Å². The zero-order valence-electron chi connectivity index (χ0n) is 23.4. The average Bonchev–Trinajstić information content (AvgIpc) is 3.24. The van der Waals surface area contributed by atoms with Crippen molar-refractivity contribution < 1.29 is 17.9 Å². The smallest absolute Gasteiger partial charge is 0.178 e. The van der Waals surface area contributed by atoms with Crippen LogP contribution in [0.4, 0.5) is 0 Å². The van der Waals surface area contributed by atoms with Gasteiger partial charge >= 0.3 is 0 Å². The predicted molar refractivity (Wildman–Crippen MR) is 157 cm³/mol. The highest BCUT2D eigenvalue weighted by Gasteiger charge is 2.37. The van der Waals surface area contributed by atoms with Crippen molar-refractivity contribution in [1.82, 2.24) is 0 Å². The highest BCUT2D eigenvalue weighted by Crippen LogP contribution is 2.32. The van der Waals surface area contributed by atoms with Crippen LogP contribution in [0, 0.1) is 5.92 Å². The molecule has 0 bridgehead atoms. The number of hydrogen-bond acceptors (Lipinski definition) is 4. The molecule has 4 nitrogen and oxygen atoms in total. The van der Waals surface area contributed by atoms with E-state index in [-0.39, 0.29) is 23.9 Å². The van der Waals surface area contributed by atoms with Crippen LogP contribution in [0.25, 0.3) is 0 Å². The maximum absolute atomic E-state index is 13.2. The van der Waals surface area contributed by atoms with E-state index in [0.717, 1.165) is 31.2 Å². The summed E-state index contributed by atoms with van der Waals surface area (Å²) in [6, 6.07) is 18.8. The van der Waals surface area contributed by atoms with Crippen molar-refractivity contribution in [2.45, 2.75) is 83.5 Å². The molecule has 0 unspecified atom stereocenters. The molecule has 38 heavy (non-hydrogen) atoms. The molecule has 1 aliphatic heterocycles. The van der Waals surface area contributed by atoms with Crippen molar-refractivity contribution in [3.63, 3.8) is 0 Å². The van der Waals surface area contributed by atoms with Crippen LogP contribution in [0.2, 0.25) is 0 Å². The molecule has 1 fully saturated rings. The molecule has 0 aliphatic carbocycles. The number of ether oxygens (including phenoxy) is 2. The molecule has 3 atom stereocenters. The molecule has 206 valence electrons. The Labute approximate surface area is 230 Å². The van der Waals surface area contributed by atoms with Gasteiger partial charge in [-0.25, -0.2) is 8.42 Å². The van der Waals surface area contributed by atoms with Gasteiger partial charge in [0.25, 0.3) is 0 Å². The lowest BCUT2D eigenvalue weighted by Gasteiger charge is -2.17. The van der Waals surface area contributed by atoms with Crippen LogP contribution in [0.3, 0.4) is 0 Å². The van der Waals surface area contributed by atoms with Gasteiger partial charge in [-0.3, -0.25) is 0 Å². The summed E-state index contributed by atoms with van der Waals surface area (Å²) in [5.41, 5.74) is 5.12. The first-order valence-corrected chi connectivity index (χ1v) is 15.4. The average molecular weight is 537 g/mol.